The number of hydrogen-bond donors (Lipinski definition) is 2. The SMILES string of the molecule is O=C(CN1CCC(O)(Cc2ccccc2)CC1)Nc1nccs1. The summed E-state index contributed by atoms with van der Waals surface area (Å²) in [4.78, 5) is 18.1. The maximum Gasteiger partial charge on any atom is 0.240 e. The van der Waals surface area contributed by atoms with Gasteiger partial charge in [0, 0.05) is 31.1 Å². The number of anilines is 1. The summed E-state index contributed by atoms with van der Waals surface area (Å²) >= 11 is 1.41. The van der Waals surface area contributed by atoms with Gasteiger partial charge in [0.25, 0.3) is 0 Å². The molecule has 3 rings (SSSR count). The van der Waals surface area contributed by atoms with Gasteiger partial charge >= 0.3 is 0 Å². The third-order valence-electron chi connectivity index (χ3n) is 4.21. The molecule has 0 saturated carbocycles. The van der Waals surface area contributed by atoms with Crippen LogP contribution in [0.15, 0.2) is 41.9 Å². The van der Waals surface area contributed by atoms with Crippen LogP contribution >= 0.6 is 11.3 Å². The van der Waals surface area contributed by atoms with Crippen LogP contribution in [-0.2, 0) is 11.2 Å². The second-order valence-corrected chi connectivity index (χ2v) is 6.94. The zero-order valence-corrected chi connectivity index (χ0v) is 13.8. The lowest BCUT2D eigenvalue weighted by Gasteiger charge is -2.38. The zero-order chi connectivity index (χ0) is 16.1. The molecule has 0 atom stereocenters. The number of piperidine rings is 1. The van der Waals surface area contributed by atoms with Crippen LogP contribution < -0.4 is 5.32 Å². The summed E-state index contributed by atoms with van der Waals surface area (Å²) in [7, 11) is 0. The van der Waals surface area contributed by atoms with Crippen molar-refractivity contribution >= 4 is 22.4 Å². The highest BCUT2D eigenvalue weighted by Crippen LogP contribution is 2.26. The lowest BCUT2D eigenvalue weighted by molar-refractivity contribution is -0.118. The molecule has 2 N–H and O–H groups in total. The quantitative estimate of drug-likeness (QED) is 0.881. The van der Waals surface area contributed by atoms with E-state index in [-0.39, 0.29) is 5.91 Å². The van der Waals surface area contributed by atoms with Gasteiger partial charge in [0.1, 0.15) is 0 Å². The van der Waals surface area contributed by atoms with Crippen LogP contribution in [0.1, 0.15) is 18.4 Å². The van der Waals surface area contributed by atoms with Crippen LogP contribution in [0, 0.1) is 0 Å². The van der Waals surface area contributed by atoms with Crippen LogP contribution in [0.5, 0.6) is 0 Å². The molecule has 1 saturated heterocycles. The van der Waals surface area contributed by atoms with Gasteiger partial charge in [0.2, 0.25) is 5.91 Å². The molecule has 2 heterocycles. The third kappa shape index (κ3) is 4.60. The number of thiazole rings is 1. The van der Waals surface area contributed by atoms with Crippen molar-refractivity contribution in [3.63, 3.8) is 0 Å². The Hall–Kier alpha value is -1.76. The largest absolute Gasteiger partial charge is 0.389 e. The molecule has 0 spiro atoms. The van der Waals surface area contributed by atoms with Crippen molar-refractivity contribution in [3.8, 4) is 0 Å². The molecule has 0 unspecified atom stereocenters. The molecule has 2 aromatic rings. The predicted octanol–water partition coefficient (Wildman–Crippen LogP) is 2.15. The van der Waals surface area contributed by atoms with Crippen molar-refractivity contribution in [1.82, 2.24) is 9.88 Å². The fraction of sp³-hybridized carbons (Fsp3) is 0.412. The number of hydrogen-bond acceptors (Lipinski definition) is 5. The van der Waals surface area contributed by atoms with E-state index >= 15 is 0 Å². The van der Waals surface area contributed by atoms with Crippen molar-refractivity contribution in [2.24, 2.45) is 0 Å². The number of nitrogens with zero attached hydrogens (tertiary/aromatic N) is 2. The predicted molar refractivity (Wildman–Crippen MR) is 91.5 cm³/mol. The van der Waals surface area contributed by atoms with Gasteiger partial charge < -0.3 is 10.4 Å². The first kappa shape index (κ1) is 16.1. The number of likely N-dealkylation sites (tertiary alicyclic amines) is 1. The number of carbonyl (C=O) groups is 1. The van der Waals surface area contributed by atoms with E-state index in [1.165, 1.54) is 11.3 Å². The Morgan fingerprint density at radius 3 is 2.70 bits per heavy atom. The molecule has 6 heteroatoms. The fourth-order valence-electron chi connectivity index (χ4n) is 2.93. The Morgan fingerprint density at radius 2 is 2.04 bits per heavy atom. The Morgan fingerprint density at radius 1 is 1.30 bits per heavy atom. The Balaban J connectivity index is 1.47. The topological polar surface area (TPSA) is 65.5 Å². The van der Waals surface area contributed by atoms with Gasteiger partial charge in [0.05, 0.1) is 12.1 Å². The smallest absolute Gasteiger partial charge is 0.240 e. The average molecular weight is 331 g/mol. The van der Waals surface area contributed by atoms with E-state index in [0.29, 0.717) is 30.9 Å². The lowest BCUT2D eigenvalue weighted by atomic mass is 9.85. The molecule has 23 heavy (non-hydrogen) atoms. The summed E-state index contributed by atoms with van der Waals surface area (Å²) in [6, 6.07) is 10.1. The summed E-state index contributed by atoms with van der Waals surface area (Å²) in [6.07, 6.45) is 3.72. The molecule has 1 amide bonds. The summed E-state index contributed by atoms with van der Waals surface area (Å²) in [5.41, 5.74) is 0.494. The summed E-state index contributed by atoms with van der Waals surface area (Å²) in [6.45, 7) is 1.81. The molecule has 1 aliphatic rings. The van der Waals surface area contributed by atoms with Crippen molar-refractivity contribution in [2.45, 2.75) is 24.9 Å². The maximum atomic E-state index is 12.0. The van der Waals surface area contributed by atoms with E-state index in [9.17, 15) is 9.90 Å². The van der Waals surface area contributed by atoms with Gasteiger partial charge in [0.15, 0.2) is 5.13 Å². The lowest BCUT2D eigenvalue weighted by Crippen LogP contribution is -2.47. The Kier molecular flexibility index (Phi) is 5.05. The van der Waals surface area contributed by atoms with Crippen LogP contribution in [0.2, 0.25) is 0 Å². The molecule has 0 aliphatic carbocycles. The monoisotopic (exact) mass is 331 g/mol. The molecular formula is C17H21N3O2S. The van der Waals surface area contributed by atoms with Crippen LogP contribution in [0.3, 0.4) is 0 Å². The van der Waals surface area contributed by atoms with Crippen molar-refractivity contribution in [2.75, 3.05) is 25.0 Å². The van der Waals surface area contributed by atoms with E-state index in [1.54, 1.807) is 6.20 Å². The van der Waals surface area contributed by atoms with Crippen molar-refractivity contribution in [3.05, 3.63) is 47.5 Å². The minimum atomic E-state index is -0.663. The van der Waals surface area contributed by atoms with Crippen LogP contribution in [-0.4, -0.2) is 46.1 Å². The number of benzene rings is 1. The molecule has 1 fully saturated rings. The van der Waals surface area contributed by atoms with Gasteiger partial charge in [-0.15, -0.1) is 11.3 Å². The fourth-order valence-corrected chi connectivity index (χ4v) is 3.47. The van der Waals surface area contributed by atoms with Gasteiger partial charge in [-0.2, -0.15) is 0 Å². The summed E-state index contributed by atoms with van der Waals surface area (Å²) in [5.74, 6) is -0.0477. The molecule has 122 valence electrons. The number of aromatic nitrogens is 1. The standard InChI is InChI=1S/C17H21N3O2S/c21-15(19-16-18-8-11-23-16)13-20-9-6-17(22,7-10-20)12-14-4-2-1-3-5-14/h1-5,8,11,22H,6-7,9-10,12-13H2,(H,18,19,21). The first-order chi connectivity index (χ1) is 11.1. The molecule has 0 radical (unpaired) electrons. The maximum absolute atomic E-state index is 12.0. The van der Waals surface area contributed by atoms with E-state index < -0.39 is 5.60 Å². The van der Waals surface area contributed by atoms with Gasteiger partial charge in [-0.25, -0.2) is 4.98 Å². The minimum absolute atomic E-state index is 0.0477. The number of rotatable bonds is 5. The molecule has 5 nitrogen and oxygen atoms in total. The third-order valence-corrected chi connectivity index (χ3v) is 4.90. The number of nitrogens with one attached hydrogen (secondary N) is 1. The normalized spacial score (nSPS) is 17.8. The summed E-state index contributed by atoms with van der Waals surface area (Å²) < 4.78 is 0. The highest BCUT2D eigenvalue weighted by atomic mass is 32.1. The first-order valence-electron chi connectivity index (χ1n) is 7.81. The van der Waals surface area contributed by atoms with Crippen molar-refractivity contribution < 1.29 is 9.90 Å². The Bertz CT molecular complexity index is 623. The minimum Gasteiger partial charge on any atom is -0.389 e. The highest BCUT2D eigenvalue weighted by molar-refractivity contribution is 7.13. The highest BCUT2D eigenvalue weighted by Gasteiger charge is 2.32. The van der Waals surface area contributed by atoms with Crippen molar-refractivity contribution in [1.29, 1.82) is 0 Å². The van der Waals surface area contributed by atoms with E-state index in [1.807, 2.05) is 35.7 Å². The van der Waals surface area contributed by atoms with Gasteiger partial charge in [-0.3, -0.25) is 9.69 Å². The molecule has 1 aromatic carbocycles. The number of carbonyl (C=O) groups excluding carboxylic acids is 1. The average Bonchev–Trinajstić information content (AvgIpc) is 3.03. The zero-order valence-electron chi connectivity index (χ0n) is 12.9. The number of aliphatic hydroxyl groups is 1. The molecule has 1 aliphatic heterocycles. The van der Waals surface area contributed by atoms with Crippen LogP contribution in [0.4, 0.5) is 5.13 Å². The van der Waals surface area contributed by atoms with E-state index in [4.69, 9.17) is 0 Å². The van der Waals surface area contributed by atoms with E-state index in [2.05, 4.69) is 15.2 Å². The van der Waals surface area contributed by atoms with Crippen LogP contribution in [0.25, 0.3) is 0 Å². The Labute approximate surface area is 140 Å². The van der Waals surface area contributed by atoms with Gasteiger partial charge in [-0.1, -0.05) is 30.3 Å². The molecule has 0 bridgehead atoms. The first-order valence-corrected chi connectivity index (χ1v) is 8.69. The second-order valence-electron chi connectivity index (χ2n) is 6.05. The number of amides is 1. The van der Waals surface area contributed by atoms with E-state index in [0.717, 1.165) is 18.7 Å². The van der Waals surface area contributed by atoms with Gasteiger partial charge in [-0.05, 0) is 18.4 Å². The molecule has 1 aromatic heterocycles. The summed E-state index contributed by atoms with van der Waals surface area (Å²) in [5, 5.41) is 16.0. The second kappa shape index (κ2) is 7.21. The molecular weight excluding hydrogens is 310 g/mol.